The van der Waals surface area contributed by atoms with E-state index in [0.717, 1.165) is 6.08 Å². The van der Waals surface area contributed by atoms with Gasteiger partial charge in [0.1, 0.15) is 0 Å². The molecule has 0 atom stereocenters. The molecule has 74 valence electrons. The van der Waals surface area contributed by atoms with E-state index in [1.807, 2.05) is 0 Å². The van der Waals surface area contributed by atoms with Gasteiger partial charge in [0.05, 0.1) is 17.3 Å². The molecule has 0 spiro atoms. The van der Waals surface area contributed by atoms with E-state index < -0.39 is 5.97 Å². The maximum absolute atomic E-state index is 10.2. The van der Waals surface area contributed by atoms with Crippen LogP contribution in [0.25, 0.3) is 6.08 Å². The molecular weight excluding hydrogens is 206 g/mol. The van der Waals surface area contributed by atoms with Gasteiger partial charge in [0.15, 0.2) is 0 Å². The third-order valence-electron chi connectivity index (χ3n) is 1.51. The van der Waals surface area contributed by atoms with Crippen LogP contribution in [-0.2, 0) is 11.4 Å². The molecule has 1 aromatic heterocycles. The molecule has 0 aliphatic rings. The molecule has 0 unspecified atom stereocenters. The van der Waals surface area contributed by atoms with Crippen molar-refractivity contribution in [1.82, 2.24) is 4.98 Å². The van der Waals surface area contributed by atoms with E-state index in [2.05, 4.69) is 4.98 Å². The molecule has 0 saturated carbocycles. The average Bonchev–Trinajstić information content (AvgIpc) is 2.15. The number of pyridine rings is 1. The Bertz CT molecular complexity index is 376. The molecule has 14 heavy (non-hydrogen) atoms. The van der Waals surface area contributed by atoms with Gasteiger partial charge in [-0.05, 0) is 17.7 Å². The number of carboxylic acids is 1. The lowest BCUT2D eigenvalue weighted by Crippen LogP contribution is -1.91. The van der Waals surface area contributed by atoms with Crippen LogP contribution in [-0.4, -0.2) is 21.2 Å². The smallest absolute Gasteiger partial charge is 0.328 e. The predicted molar refractivity (Wildman–Crippen MR) is 51.8 cm³/mol. The van der Waals surface area contributed by atoms with Crippen LogP contribution in [0.4, 0.5) is 0 Å². The summed E-state index contributed by atoms with van der Waals surface area (Å²) in [4.78, 5) is 14.0. The van der Waals surface area contributed by atoms with Gasteiger partial charge in [0, 0.05) is 12.3 Å². The Morgan fingerprint density at radius 3 is 2.86 bits per heavy atom. The summed E-state index contributed by atoms with van der Waals surface area (Å²) < 4.78 is 0. The highest BCUT2D eigenvalue weighted by atomic mass is 35.5. The van der Waals surface area contributed by atoms with Gasteiger partial charge >= 0.3 is 5.97 Å². The van der Waals surface area contributed by atoms with E-state index >= 15 is 0 Å². The Kier molecular flexibility index (Phi) is 3.62. The largest absolute Gasteiger partial charge is 0.478 e. The van der Waals surface area contributed by atoms with Crippen LogP contribution in [0.3, 0.4) is 0 Å². The van der Waals surface area contributed by atoms with Gasteiger partial charge < -0.3 is 10.2 Å². The molecule has 1 heterocycles. The maximum Gasteiger partial charge on any atom is 0.328 e. The number of rotatable bonds is 3. The third kappa shape index (κ3) is 2.83. The summed E-state index contributed by atoms with van der Waals surface area (Å²) in [6.07, 6.45) is 3.81. The lowest BCUT2D eigenvalue weighted by molar-refractivity contribution is -0.131. The van der Waals surface area contributed by atoms with Crippen molar-refractivity contribution in [3.8, 4) is 0 Å². The van der Waals surface area contributed by atoms with Crippen molar-refractivity contribution in [2.45, 2.75) is 6.61 Å². The molecule has 0 aliphatic carbocycles. The Hall–Kier alpha value is -1.39. The van der Waals surface area contributed by atoms with Gasteiger partial charge in [-0.1, -0.05) is 11.6 Å². The Morgan fingerprint density at radius 1 is 1.64 bits per heavy atom. The highest BCUT2D eigenvalue weighted by Gasteiger charge is 2.00. The van der Waals surface area contributed by atoms with Crippen molar-refractivity contribution in [2.24, 2.45) is 0 Å². The predicted octanol–water partition coefficient (Wildman–Crippen LogP) is 1.33. The molecule has 1 rings (SSSR count). The van der Waals surface area contributed by atoms with Gasteiger partial charge in [-0.25, -0.2) is 4.79 Å². The second-order valence-corrected chi connectivity index (χ2v) is 2.93. The minimum Gasteiger partial charge on any atom is -0.478 e. The fraction of sp³-hybridized carbons (Fsp3) is 0.111. The van der Waals surface area contributed by atoms with Crippen LogP contribution in [0, 0.1) is 0 Å². The number of carbonyl (C=O) groups is 1. The number of hydrogen-bond donors (Lipinski definition) is 2. The minimum absolute atomic E-state index is 0.234. The summed E-state index contributed by atoms with van der Waals surface area (Å²) in [7, 11) is 0. The zero-order valence-electron chi connectivity index (χ0n) is 7.14. The molecule has 0 bridgehead atoms. The van der Waals surface area contributed by atoms with Crippen LogP contribution >= 0.6 is 11.6 Å². The topological polar surface area (TPSA) is 70.4 Å². The lowest BCUT2D eigenvalue weighted by atomic mass is 10.2. The van der Waals surface area contributed by atoms with E-state index in [1.165, 1.54) is 12.3 Å². The van der Waals surface area contributed by atoms with Crippen LogP contribution < -0.4 is 0 Å². The van der Waals surface area contributed by atoms with Crippen molar-refractivity contribution in [1.29, 1.82) is 0 Å². The second kappa shape index (κ2) is 4.74. The van der Waals surface area contributed by atoms with Crippen molar-refractivity contribution < 1.29 is 15.0 Å². The van der Waals surface area contributed by atoms with Crippen LogP contribution in [0.2, 0.25) is 5.02 Å². The second-order valence-electron chi connectivity index (χ2n) is 2.53. The standard InChI is InChI=1S/C9H8ClNO3/c10-7-3-6(1-2-9(13)14)4-11-8(7)5-12/h1-4,12H,5H2,(H,13,14)/b2-1+. The number of aliphatic hydroxyl groups is 1. The normalized spacial score (nSPS) is 10.7. The molecular formula is C9H8ClNO3. The minimum atomic E-state index is -1.03. The fourth-order valence-corrected chi connectivity index (χ4v) is 1.09. The number of carboxylic acid groups (broad SMARTS) is 1. The molecule has 0 aliphatic heterocycles. The number of halogens is 1. The third-order valence-corrected chi connectivity index (χ3v) is 1.83. The first-order chi connectivity index (χ1) is 6.63. The van der Waals surface area contributed by atoms with E-state index in [0.29, 0.717) is 16.3 Å². The summed E-state index contributed by atoms with van der Waals surface area (Å²) in [6.45, 7) is -0.234. The van der Waals surface area contributed by atoms with Crippen LogP contribution in [0.5, 0.6) is 0 Å². The fourth-order valence-electron chi connectivity index (χ4n) is 0.856. The molecule has 4 nitrogen and oxygen atoms in total. The number of hydrogen-bond acceptors (Lipinski definition) is 3. The van der Waals surface area contributed by atoms with E-state index in [-0.39, 0.29) is 6.61 Å². The van der Waals surface area contributed by atoms with Crippen molar-refractivity contribution in [3.63, 3.8) is 0 Å². The molecule has 5 heteroatoms. The summed E-state index contributed by atoms with van der Waals surface area (Å²) >= 11 is 5.74. The van der Waals surface area contributed by atoms with E-state index in [4.69, 9.17) is 21.8 Å². The van der Waals surface area contributed by atoms with Gasteiger partial charge in [-0.2, -0.15) is 0 Å². The molecule has 0 radical (unpaired) electrons. The van der Waals surface area contributed by atoms with Crippen LogP contribution in [0.1, 0.15) is 11.3 Å². The molecule has 0 saturated heterocycles. The van der Waals surface area contributed by atoms with Crippen molar-refractivity contribution >= 4 is 23.6 Å². The summed E-state index contributed by atoms with van der Waals surface area (Å²) in [5, 5.41) is 17.5. The Morgan fingerprint density at radius 2 is 2.36 bits per heavy atom. The van der Waals surface area contributed by atoms with Gasteiger partial charge in [-0.15, -0.1) is 0 Å². The first kappa shape index (κ1) is 10.7. The number of nitrogens with zero attached hydrogens (tertiary/aromatic N) is 1. The Balaban J connectivity index is 2.91. The number of aromatic nitrogens is 1. The molecule has 2 N–H and O–H groups in total. The van der Waals surface area contributed by atoms with Gasteiger partial charge in [-0.3, -0.25) is 4.98 Å². The van der Waals surface area contributed by atoms with E-state index in [9.17, 15) is 4.79 Å². The summed E-state index contributed by atoms with van der Waals surface area (Å²) in [5.74, 6) is -1.03. The first-order valence-electron chi connectivity index (χ1n) is 3.80. The number of aliphatic carboxylic acids is 1. The van der Waals surface area contributed by atoms with Crippen molar-refractivity contribution in [3.05, 3.63) is 34.6 Å². The zero-order chi connectivity index (χ0) is 10.6. The zero-order valence-corrected chi connectivity index (χ0v) is 7.90. The van der Waals surface area contributed by atoms with E-state index in [1.54, 1.807) is 6.07 Å². The summed E-state index contributed by atoms with van der Waals surface area (Å²) in [5.41, 5.74) is 0.953. The highest BCUT2D eigenvalue weighted by Crippen LogP contribution is 2.15. The maximum atomic E-state index is 10.2. The average molecular weight is 214 g/mol. The molecule has 0 amide bonds. The first-order valence-corrected chi connectivity index (χ1v) is 4.17. The van der Waals surface area contributed by atoms with Gasteiger partial charge in [0.25, 0.3) is 0 Å². The van der Waals surface area contributed by atoms with Crippen LogP contribution in [0.15, 0.2) is 18.3 Å². The Labute approximate surface area is 85.5 Å². The quantitative estimate of drug-likeness (QED) is 0.743. The highest BCUT2D eigenvalue weighted by molar-refractivity contribution is 6.31. The van der Waals surface area contributed by atoms with Crippen molar-refractivity contribution in [2.75, 3.05) is 0 Å². The summed E-state index contributed by atoms with van der Waals surface area (Å²) in [6, 6.07) is 1.54. The van der Waals surface area contributed by atoms with Gasteiger partial charge in [0.2, 0.25) is 0 Å². The molecule has 0 fully saturated rings. The monoisotopic (exact) mass is 213 g/mol. The molecule has 1 aromatic rings. The lowest BCUT2D eigenvalue weighted by Gasteiger charge is -1.99. The molecule has 0 aromatic carbocycles. The number of aliphatic hydroxyl groups excluding tert-OH is 1. The SMILES string of the molecule is O=C(O)/C=C/c1cnc(CO)c(Cl)c1.